The molecule has 0 saturated heterocycles. The van der Waals surface area contributed by atoms with Crippen molar-refractivity contribution in [1.29, 1.82) is 0 Å². The average Bonchev–Trinajstić information content (AvgIpc) is 2.93. The Morgan fingerprint density at radius 1 is 1.24 bits per heavy atom. The van der Waals surface area contributed by atoms with Gasteiger partial charge in [0, 0.05) is 23.6 Å². The summed E-state index contributed by atoms with van der Waals surface area (Å²) in [6.45, 7) is 8.38. The molecule has 4 rings (SSSR count). The Hall–Kier alpha value is -2.36. The summed E-state index contributed by atoms with van der Waals surface area (Å²) in [7, 11) is 0. The largest absolute Gasteiger partial charge is 0.338 e. The van der Waals surface area contributed by atoms with Gasteiger partial charge in [0.25, 0.3) is 0 Å². The molecular formula is C21H24N2O2. The first-order valence-electron chi connectivity index (χ1n) is 8.98. The first kappa shape index (κ1) is 16.1. The number of aryl methyl sites for hydroxylation is 2. The third-order valence-corrected chi connectivity index (χ3v) is 5.39. The van der Waals surface area contributed by atoms with Crippen LogP contribution in [0.2, 0.25) is 0 Å². The van der Waals surface area contributed by atoms with Crippen LogP contribution in [0.5, 0.6) is 0 Å². The molecule has 2 aliphatic rings. The number of benzene rings is 1. The molecule has 1 aromatic heterocycles. The van der Waals surface area contributed by atoms with Gasteiger partial charge in [0.1, 0.15) is 0 Å². The molecule has 0 spiro atoms. The van der Waals surface area contributed by atoms with Gasteiger partial charge in [-0.1, -0.05) is 50.2 Å². The predicted octanol–water partition coefficient (Wildman–Crippen LogP) is 4.75. The van der Waals surface area contributed by atoms with Crippen LogP contribution in [-0.4, -0.2) is 10.9 Å². The Kier molecular flexibility index (Phi) is 3.60. The first-order chi connectivity index (χ1) is 11.9. The molecule has 1 aromatic carbocycles. The van der Waals surface area contributed by atoms with E-state index in [-0.39, 0.29) is 17.1 Å². The van der Waals surface area contributed by atoms with Gasteiger partial charge in [-0.15, -0.1) is 0 Å². The molecule has 4 nitrogen and oxygen atoms in total. The lowest BCUT2D eigenvalue weighted by molar-refractivity contribution is -0.118. The lowest BCUT2D eigenvalue weighted by Gasteiger charge is -2.37. The van der Waals surface area contributed by atoms with Crippen LogP contribution in [0.1, 0.15) is 61.9 Å². The summed E-state index contributed by atoms with van der Waals surface area (Å²) < 4.78 is 5.53. The van der Waals surface area contributed by atoms with Crippen molar-refractivity contribution in [1.82, 2.24) is 5.16 Å². The van der Waals surface area contributed by atoms with E-state index in [2.05, 4.69) is 55.5 Å². The maximum absolute atomic E-state index is 13.0. The number of rotatable bonds is 2. The summed E-state index contributed by atoms with van der Waals surface area (Å²) in [5.74, 6) is 0.827. The van der Waals surface area contributed by atoms with Gasteiger partial charge in [-0.05, 0) is 36.3 Å². The number of ketones is 1. The quantitative estimate of drug-likeness (QED) is 0.860. The molecule has 0 saturated carbocycles. The number of fused-ring (bicyclic) bond motifs is 1. The van der Waals surface area contributed by atoms with Crippen LogP contribution in [0.4, 0.5) is 5.88 Å². The van der Waals surface area contributed by atoms with E-state index >= 15 is 0 Å². The van der Waals surface area contributed by atoms with Crippen LogP contribution < -0.4 is 5.32 Å². The fraction of sp³-hybridized carbons (Fsp3) is 0.429. The molecule has 25 heavy (non-hydrogen) atoms. The van der Waals surface area contributed by atoms with Crippen molar-refractivity contribution >= 4 is 11.7 Å². The standard InChI is InChI=1S/C21H24N2O2/c1-5-13-6-8-14(9-7-13)18-17-12(2)23-25-20(17)22-15-10-21(3,4)11-16(24)19(15)18/h6-9,18,22H,5,10-11H2,1-4H3/t18-/m0/s1. The van der Waals surface area contributed by atoms with Crippen molar-refractivity contribution in [3.8, 4) is 0 Å². The SMILES string of the molecule is CCc1ccc([C@@H]2C3=C(CC(C)(C)CC3=O)Nc3onc(C)c32)cc1. The minimum absolute atomic E-state index is 0.0356. The van der Waals surface area contributed by atoms with Crippen LogP contribution in [0.3, 0.4) is 0 Å². The number of allylic oxidation sites excluding steroid dienone is 2. The average molecular weight is 336 g/mol. The van der Waals surface area contributed by atoms with Crippen LogP contribution >= 0.6 is 0 Å². The van der Waals surface area contributed by atoms with Crippen molar-refractivity contribution in [2.75, 3.05) is 5.32 Å². The van der Waals surface area contributed by atoms with E-state index in [0.717, 1.165) is 40.9 Å². The minimum atomic E-state index is -0.0907. The third-order valence-electron chi connectivity index (χ3n) is 5.39. The molecule has 130 valence electrons. The minimum Gasteiger partial charge on any atom is -0.338 e. The second kappa shape index (κ2) is 5.58. The van der Waals surface area contributed by atoms with Gasteiger partial charge in [0.05, 0.1) is 11.3 Å². The summed E-state index contributed by atoms with van der Waals surface area (Å²) in [5.41, 5.74) is 6.12. The summed E-state index contributed by atoms with van der Waals surface area (Å²) in [6, 6.07) is 8.58. The van der Waals surface area contributed by atoms with Crippen molar-refractivity contribution in [2.45, 2.75) is 52.9 Å². The van der Waals surface area contributed by atoms with Gasteiger partial charge in [0.15, 0.2) is 5.78 Å². The molecule has 0 bridgehead atoms. The Labute approximate surface area is 148 Å². The van der Waals surface area contributed by atoms with Gasteiger partial charge >= 0.3 is 0 Å². The highest BCUT2D eigenvalue weighted by Crippen LogP contribution is 2.49. The molecule has 1 N–H and O–H groups in total. The molecule has 0 amide bonds. The second-order valence-corrected chi connectivity index (χ2v) is 8.00. The first-order valence-corrected chi connectivity index (χ1v) is 8.98. The highest BCUT2D eigenvalue weighted by molar-refractivity contribution is 6.01. The zero-order chi connectivity index (χ0) is 17.8. The summed E-state index contributed by atoms with van der Waals surface area (Å²) >= 11 is 0. The number of carbonyl (C=O) groups excluding carboxylic acids is 1. The number of Topliss-reactive ketones (excluding diaryl/α,β-unsaturated/α-hetero) is 1. The number of anilines is 1. The fourth-order valence-corrected chi connectivity index (χ4v) is 4.15. The lowest BCUT2D eigenvalue weighted by Crippen LogP contribution is -2.33. The van der Waals surface area contributed by atoms with Gasteiger partial charge in [-0.25, -0.2) is 0 Å². The van der Waals surface area contributed by atoms with E-state index in [1.807, 2.05) is 6.92 Å². The van der Waals surface area contributed by atoms with Crippen LogP contribution in [0, 0.1) is 12.3 Å². The van der Waals surface area contributed by atoms with Gasteiger partial charge in [-0.2, -0.15) is 0 Å². The van der Waals surface area contributed by atoms with Crippen molar-refractivity contribution < 1.29 is 9.32 Å². The zero-order valence-corrected chi connectivity index (χ0v) is 15.3. The van der Waals surface area contributed by atoms with E-state index in [4.69, 9.17) is 4.52 Å². The Balaban J connectivity index is 1.89. The molecular weight excluding hydrogens is 312 g/mol. The number of aromatic nitrogens is 1. The third kappa shape index (κ3) is 2.60. The molecule has 1 atom stereocenters. The van der Waals surface area contributed by atoms with Crippen LogP contribution in [0.15, 0.2) is 40.1 Å². The van der Waals surface area contributed by atoms with Gasteiger partial charge < -0.3 is 9.84 Å². The molecule has 4 heteroatoms. The van der Waals surface area contributed by atoms with E-state index < -0.39 is 0 Å². The molecule has 2 aromatic rings. The highest BCUT2D eigenvalue weighted by Gasteiger charge is 2.42. The molecule has 2 heterocycles. The van der Waals surface area contributed by atoms with Crippen LogP contribution in [0.25, 0.3) is 0 Å². The number of hydrogen-bond acceptors (Lipinski definition) is 4. The van der Waals surface area contributed by atoms with Gasteiger partial charge in [0.2, 0.25) is 5.88 Å². The molecule has 0 unspecified atom stereocenters. The normalized spacial score (nSPS) is 21.6. The number of carbonyl (C=O) groups is 1. The van der Waals surface area contributed by atoms with E-state index in [1.165, 1.54) is 5.56 Å². The Bertz CT molecular complexity index is 872. The van der Waals surface area contributed by atoms with E-state index in [9.17, 15) is 4.79 Å². The Morgan fingerprint density at radius 2 is 1.96 bits per heavy atom. The predicted molar refractivity (Wildman–Crippen MR) is 97.6 cm³/mol. The smallest absolute Gasteiger partial charge is 0.233 e. The Morgan fingerprint density at radius 3 is 2.64 bits per heavy atom. The molecule has 1 aliphatic carbocycles. The van der Waals surface area contributed by atoms with E-state index in [0.29, 0.717) is 12.3 Å². The maximum Gasteiger partial charge on any atom is 0.233 e. The van der Waals surface area contributed by atoms with Crippen molar-refractivity contribution in [3.05, 3.63) is 57.9 Å². The van der Waals surface area contributed by atoms with Crippen molar-refractivity contribution in [3.63, 3.8) is 0 Å². The maximum atomic E-state index is 13.0. The second-order valence-electron chi connectivity index (χ2n) is 8.00. The summed E-state index contributed by atoms with van der Waals surface area (Å²) in [5, 5.41) is 7.51. The fourth-order valence-electron chi connectivity index (χ4n) is 4.15. The van der Waals surface area contributed by atoms with Crippen molar-refractivity contribution in [2.24, 2.45) is 5.41 Å². The summed E-state index contributed by atoms with van der Waals surface area (Å²) in [4.78, 5) is 13.0. The van der Waals surface area contributed by atoms with Crippen LogP contribution in [-0.2, 0) is 11.2 Å². The molecule has 1 aliphatic heterocycles. The number of hydrogen-bond donors (Lipinski definition) is 1. The summed E-state index contributed by atoms with van der Waals surface area (Å²) in [6.07, 6.45) is 2.43. The zero-order valence-electron chi connectivity index (χ0n) is 15.3. The number of nitrogens with zero attached hydrogens (tertiary/aromatic N) is 1. The molecule has 0 radical (unpaired) electrons. The topological polar surface area (TPSA) is 55.1 Å². The lowest BCUT2D eigenvalue weighted by atomic mass is 9.69. The number of nitrogens with one attached hydrogen (secondary N) is 1. The monoisotopic (exact) mass is 336 g/mol. The molecule has 0 fully saturated rings. The highest BCUT2D eigenvalue weighted by atomic mass is 16.5. The van der Waals surface area contributed by atoms with Gasteiger partial charge in [-0.3, -0.25) is 4.79 Å². The van der Waals surface area contributed by atoms with E-state index in [1.54, 1.807) is 0 Å².